The summed E-state index contributed by atoms with van der Waals surface area (Å²) >= 11 is 0. The summed E-state index contributed by atoms with van der Waals surface area (Å²) < 4.78 is 30.2. The fourth-order valence-corrected chi connectivity index (χ4v) is 1.14. The van der Waals surface area contributed by atoms with Crippen molar-refractivity contribution < 1.29 is 23.4 Å². The number of carbonyl (C=O) groups is 1. The van der Waals surface area contributed by atoms with Crippen LogP contribution < -0.4 is 4.74 Å². The quantitative estimate of drug-likeness (QED) is 0.616. The SMILES string of the molecule is O=C(O)/C=C/c1ccc(OCCCF)c(F)c1. The van der Waals surface area contributed by atoms with Crippen LogP contribution in [0.4, 0.5) is 8.78 Å². The van der Waals surface area contributed by atoms with Crippen LogP contribution in [-0.4, -0.2) is 24.4 Å². The first-order valence-corrected chi connectivity index (χ1v) is 5.03. The second-order valence-electron chi connectivity index (χ2n) is 3.25. The summed E-state index contributed by atoms with van der Waals surface area (Å²) in [5, 5.41) is 8.40. The van der Waals surface area contributed by atoms with Crippen molar-refractivity contribution in [3.63, 3.8) is 0 Å². The van der Waals surface area contributed by atoms with Crippen molar-refractivity contribution in [2.45, 2.75) is 6.42 Å². The van der Waals surface area contributed by atoms with Crippen LogP contribution in [0.2, 0.25) is 0 Å². The van der Waals surface area contributed by atoms with Gasteiger partial charge in [-0.3, -0.25) is 4.39 Å². The molecule has 0 heterocycles. The number of rotatable bonds is 6. The molecule has 0 radical (unpaired) electrons. The van der Waals surface area contributed by atoms with Crippen molar-refractivity contribution in [2.24, 2.45) is 0 Å². The van der Waals surface area contributed by atoms with Gasteiger partial charge in [-0.1, -0.05) is 6.07 Å². The van der Waals surface area contributed by atoms with Gasteiger partial charge in [0.2, 0.25) is 0 Å². The van der Waals surface area contributed by atoms with E-state index in [9.17, 15) is 13.6 Å². The summed E-state index contributed by atoms with van der Waals surface area (Å²) in [6.45, 7) is -0.404. The minimum atomic E-state index is -1.10. The van der Waals surface area contributed by atoms with Crippen LogP contribution >= 0.6 is 0 Å². The Morgan fingerprint density at radius 3 is 2.82 bits per heavy atom. The maximum Gasteiger partial charge on any atom is 0.328 e. The Balaban J connectivity index is 2.69. The van der Waals surface area contributed by atoms with Crippen LogP contribution in [0.25, 0.3) is 6.08 Å². The molecule has 1 aromatic carbocycles. The summed E-state index contributed by atoms with van der Waals surface area (Å²) in [7, 11) is 0. The number of hydrogen-bond donors (Lipinski definition) is 1. The van der Waals surface area contributed by atoms with Crippen LogP contribution in [0.3, 0.4) is 0 Å². The maximum absolute atomic E-state index is 13.4. The summed E-state index contributed by atoms with van der Waals surface area (Å²) in [5.41, 5.74) is 0.419. The molecule has 1 N–H and O–H groups in total. The lowest BCUT2D eigenvalue weighted by Crippen LogP contribution is -2.00. The van der Waals surface area contributed by atoms with Crippen molar-refractivity contribution in [2.75, 3.05) is 13.3 Å². The zero-order valence-corrected chi connectivity index (χ0v) is 9.03. The number of alkyl halides is 1. The largest absolute Gasteiger partial charge is 0.490 e. The first kappa shape index (κ1) is 13.2. The zero-order valence-electron chi connectivity index (χ0n) is 9.03. The van der Waals surface area contributed by atoms with Crippen molar-refractivity contribution in [1.29, 1.82) is 0 Å². The number of carboxylic acids is 1. The van der Waals surface area contributed by atoms with Gasteiger partial charge in [0.05, 0.1) is 13.3 Å². The topological polar surface area (TPSA) is 46.5 Å². The number of carboxylic acid groups (broad SMARTS) is 1. The van der Waals surface area contributed by atoms with Gasteiger partial charge in [-0.05, 0) is 23.8 Å². The Kier molecular flexibility index (Phi) is 5.13. The van der Waals surface area contributed by atoms with Crippen molar-refractivity contribution in [1.82, 2.24) is 0 Å². The summed E-state index contributed by atoms with van der Waals surface area (Å²) in [6.07, 6.45) is 2.40. The molecule has 0 spiro atoms. The number of hydrogen-bond acceptors (Lipinski definition) is 2. The third-order valence-corrected chi connectivity index (χ3v) is 1.91. The molecule has 0 aliphatic heterocycles. The second-order valence-corrected chi connectivity index (χ2v) is 3.25. The van der Waals surface area contributed by atoms with E-state index in [0.29, 0.717) is 5.56 Å². The van der Waals surface area contributed by atoms with Gasteiger partial charge in [0.25, 0.3) is 0 Å². The Morgan fingerprint density at radius 1 is 1.47 bits per heavy atom. The fraction of sp³-hybridized carbons (Fsp3) is 0.250. The van der Waals surface area contributed by atoms with E-state index in [1.54, 1.807) is 0 Å². The van der Waals surface area contributed by atoms with Crippen molar-refractivity contribution in [3.8, 4) is 5.75 Å². The molecule has 0 aliphatic carbocycles. The lowest BCUT2D eigenvalue weighted by atomic mass is 10.2. The molecule has 1 rings (SSSR count). The lowest BCUT2D eigenvalue weighted by molar-refractivity contribution is -0.131. The monoisotopic (exact) mass is 242 g/mol. The van der Waals surface area contributed by atoms with Crippen LogP contribution in [0.15, 0.2) is 24.3 Å². The zero-order chi connectivity index (χ0) is 12.7. The second kappa shape index (κ2) is 6.62. The van der Waals surface area contributed by atoms with E-state index in [1.165, 1.54) is 18.2 Å². The van der Waals surface area contributed by atoms with E-state index in [2.05, 4.69) is 0 Å². The Morgan fingerprint density at radius 2 is 2.24 bits per heavy atom. The number of ether oxygens (including phenoxy) is 1. The van der Waals surface area contributed by atoms with E-state index < -0.39 is 18.5 Å². The van der Waals surface area contributed by atoms with Gasteiger partial charge < -0.3 is 9.84 Å². The first-order valence-electron chi connectivity index (χ1n) is 5.03. The molecule has 5 heteroatoms. The van der Waals surface area contributed by atoms with Crippen LogP contribution in [0.5, 0.6) is 5.75 Å². The standard InChI is InChI=1S/C12H12F2O3/c13-6-1-7-17-11-4-2-9(8-10(11)14)3-5-12(15)16/h2-5,8H,1,6-7H2,(H,15,16)/b5-3+. The molecule has 0 atom stereocenters. The lowest BCUT2D eigenvalue weighted by Gasteiger charge is -2.06. The third kappa shape index (κ3) is 4.63. The fourth-order valence-electron chi connectivity index (χ4n) is 1.14. The van der Waals surface area contributed by atoms with Gasteiger partial charge in [-0.15, -0.1) is 0 Å². The highest BCUT2D eigenvalue weighted by molar-refractivity contribution is 5.85. The smallest absolute Gasteiger partial charge is 0.328 e. The number of halogens is 2. The van der Waals surface area contributed by atoms with Gasteiger partial charge in [0, 0.05) is 12.5 Å². The molecule has 1 aromatic rings. The van der Waals surface area contributed by atoms with Crippen LogP contribution in [0, 0.1) is 5.82 Å². The van der Waals surface area contributed by atoms with Gasteiger partial charge >= 0.3 is 5.97 Å². The van der Waals surface area contributed by atoms with Crippen molar-refractivity contribution >= 4 is 12.0 Å². The number of aliphatic carboxylic acids is 1. The third-order valence-electron chi connectivity index (χ3n) is 1.91. The summed E-state index contributed by atoms with van der Waals surface area (Å²) in [6, 6.07) is 4.06. The normalized spacial score (nSPS) is 10.7. The summed E-state index contributed by atoms with van der Waals surface area (Å²) in [4.78, 5) is 10.3. The van der Waals surface area contributed by atoms with Crippen LogP contribution in [0.1, 0.15) is 12.0 Å². The predicted octanol–water partition coefficient (Wildman–Crippen LogP) is 2.66. The minimum Gasteiger partial charge on any atom is -0.490 e. The average molecular weight is 242 g/mol. The summed E-state index contributed by atoms with van der Waals surface area (Å²) in [5.74, 6) is -1.67. The van der Waals surface area contributed by atoms with E-state index >= 15 is 0 Å². The maximum atomic E-state index is 13.4. The average Bonchev–Trinajstić information content (AvgIpc) is 2.29. The Hall–Kier alpha value is -1.91. The first-order chi connectivity index (χ1) is 8.13. The molecule has 0 unspecified atom stereocenters. The molecule has 0 amide bonds. The predicted molar refractivity (Wildman–Crippen MR) is 59.2 cm³/mol. The highest BCUT2D eigenvalue weighted by Gasteiger charge is 2.03. The van der Waals surface area contributed by atoms with E-state index in [-0.39, 0.29) is 18.8 Å². The molecule has 0 bridgehead atoms. The molecular formula is C12H12F2O3. The molecule has 0 aliphatic rings. The van der Waals surface area contributed by atoms with E-state index in [4.69, 9.17) is 9.84 Å². The molecule has 17 heavy (non-hydrogen) atoms. The highest BCUT2D eigenvalue weighted by atomic mass is 19.1. The van der Waals surface area contributed by atoms with E-state index in [1.807, 2.05) is 0 Å². The minimum absolute atomic E-state index is 0.0333. The van der Waals surface area contributed by atoms with E-state index in [0.717, 1.165) is 12.1 Å². The van der Waals surface area contributed by atoms with Gasteiger partial charge in [-0.25, -0.2) is 9.18 Å². The number of benzene rings is 1. The van der Waals surface area contributed by atoms with Gasteiger partial charge in [0.1, 0.15) is 0 Å². The van der Waals surface area contributed by atoms with Gasteiger partial charge in [-0.2, -0.15) is 0 Å². The van der Waals surface area contributed by atoms with Gasteiger partial charge in [0.15, 0.2) is 11.6 Å². The highest BCUT2D eigenvalue weighted by Crippen LogP contribution is 2.19. The molecule has 3 nitrogen and oxygen atoms in total. The molecule has 92 valence electrons. The van der Waals surface area contributed by atoms with Crippen molar-refractivity contribution in [3.05, 3.63) is 35.7 Å². The van der Waals surface area contributed by atoms with Crippen LogP contribution in [-0.2, 0) is 4.79 Å². The molecule has 0 saturated heterocycles. The molecule has 0 aromatic heterocycles. The molecular weight excluding hydrogens is 230 g/mol. The Bertz CT molecular complexity index is 416. The molecule has 0 fully saturated rings. The Labute approximate surface area is 97.3 Å². The molecule has 0 saturated carbocycles.